The predicted molar refractivity (Wildman–Crippen MR) is 306 cm³/mol. The van der Waals surface area contributed by atoms with Crippen LogP contribution in [-0.4, -0.2) is 35.9 Å². The molecule has 77 heavy (non-hydrogen) atoms. The molecule has 0 fully saturated rings. The molecule has 0 aliphatic carbocycles. The van der Waals surface area contributed by atoms with Crippen molar-refractivity contribution >= 4 is 98.1 Å². The minimum Gasteiger partial charge on any atom is -0.457 e. The van der Waals surface area contributed by atoms with E-state index in [-0.39, 0.29) is 53.6 Å². The van der Waals surface area contributed by atoms with Crippen LogP contribution in [0.25, 0.3) is 48.7 Å². The molecule has 0 unspecified atom stereocenters. The van der Waals surface area contributed by atoms with Crippen molar-refractivity contribution in [1.82, 2.24) is 7.50 Å². The first-order valence-corrected chi connectivity index (χ1v) is 27.3. The molecule has 1 aromatic heterocycles. The van der Waals surface area contributed by atoms with E-state index in [0.29, 0.717) is 60.9 Å². The number of carbonyl (C=O) groups excluding carboxylic acids is 3. The van der Waals surface area contributed by atoms with Gasteiger partial charge >= 0.3 is 24.9 Å². The Kier molecular flexibility index (Phi) is 13.1. The normalized spacial score (nSPS) is 14.0. The van der Waals surface area contributed by atoms with E-state index >= 15 is 8.63 Å². The van der Waals surface area contributed by atoms with Gasteiger partial charge in [0.05, 0.1) is 34.4 Å². The summed E-state index contributed by atoms with van der Waals surface area (Å²) in [6.45, 7) is 5.58. The number of carbonyl (C=O) groups is 3. The molecule has 0 saturated carbocycles. The quantitative estimate of drug-likeness (QED) is 0.0223. The number of nitriles is 2. The summed E-state index contributed by atoms with van der Waals surface area (Å²) < 4.78 is 55.8. The predicted octanol–water partition coefficient (Wildman–Crippen LogP) is 14.3. The minimum atomic E-state index is -4.57. The number of halogens is 3. The van der Waals surface area contributed by atoms with Gasteiger partial charge in [0.1, 0.15) is 19.0 Å². The molecular weight excluding hydrogens is 1080 g/mol. The third kappa shape index (κ3) is 8.52. The highest BCUT2D eigenvalue weighted by molar-refractivity contribution is 14.2. The summed E-state index contributed by atoms with van der Waals surface area (Å²) in [4.78, 5) is 42.0. The van der Waals surface area contributed by atoms with E-state index in [1.165, 1.54) is 6.92 Å². The van der Waals surface area contributed by atoms with E-state index in [1.807, 2.05) is 117 Å². The van der Waals surface area contributed by atoms with E-state index in [1.54, 1.807) is 32.9 Å². The minimum absolute atomic E-state index is 0.00214. The van der Waals surface area contributed by atoms with Gasteiger partial charge in [0, 0.05) is 37.7 Å². The highest BCUT2D eigenvalue weighted by Gasteiger charge is 2.49. The van der Waals surface area contributed by atoms with E-state index in [2.05, 4.69) is 24.3 Å². The highest BCUT2D eigenvalue weighted by atomic mass is 127. The van der Waals surface area contributed by atoms with Gasteiger partial charge in [-0.2, -0.15) is 10.5 Å². The number of allylic oxidation sites excluding steroid dienone is 1. The monoisotopic (exact) mass is 1130 g/mol. The van der Waals surface area contributed by atoms with Gasteiger partial charge in [-0.25, -0.2) is 9.59 Å². The van der Waals surface area contributed by atoms with E-state index in [0.717, 1.165) is 67.3 Å². The number of ether oxygens (including phenoxy) is 3. The topological polar surface area (TPSA) is 135 Å². The fraction of sp³-hybridized carbons (Fsp3) is 0.175. The molecule has 382 valence electrons. The van der Waals surface area contributed by atoms with Gasteiger partial charge < -0.3 is 30.3 Å². The van der Waals surface area contributed by atoms with Gasteiger partial charge in [0.25, 0.3) is 0 Å². The fourth-order valence-corrected chi connectivity index (χ4v) is 14.8. The molecule has 0 saturated heterocycles. The summed E-state index contributed by atoms with van der Waals surface area (Å²) in [5.74, 6) is -1.55. The van der Waals surface area contributed by atoms with Gasteiger partial charge in [-0.05, 0) is 182 Å². The van der Waals surface area contributed by atoms with Crippen molar-refractivity contribution in [3.8, 4) is 17.9 Å². The van der Waals surface area contributed by atoms with Crippen molar-refractivity contribution in [1.29, 1.82) is 10.5 Å². The summed E-state index contributed by atoms with van der Waals surface area (Å²) in [6.07, 6.45) is 0.970. The summed E-state index contributed by atoms with van der Waals surface area (Å²) in [5, 5.41) is 27.9. The molecule has 9 aromatic rings. The van der Waals surface area contributed by atoms with Crippen LogP contribution in [0.2, 0.25) is 0 Å². The summed E-state index contributed by atoms with van der Waals surface area (Å²) in [6, 6.07) is 44.2. The number of hydrogen-bond donors (Lipinski definition) is 0. The maximum atomic E-state index is 17.7. The first-order chi connectivity index (χ1) is 37.1. The molecule has 0 amide bonds. The lowest BCUT2D eigenvalue weighted by atomic mass is 9.81. The van der Waals surface area contributed by atoms with Gasteiger partial charge in [-0.1, -0.05) is 103 Å². The van der Waals surface area contributed by atoms with Crippen LogP contribution >= 0.6 is 21.0 Å². The Bertz CT molecular complexity index is 4150. The molecular formula is C63H49BF2IN4O6-. The van der Waals surface area contributed by atoms with Crippen LogP contribution in [-0.2, 0) is 38.7 Å². The summed E-state index contributed by atoms with van der Waals surface area (Å²) >= 11 is -1.70. The van der Waals surface area contributed by atoms with E-state index in [4.69, 9.17) is 14.2 Å². The lowest BCUT2D eigenvalue weighted by Gasteiger charge is -2.49. The van der Waals surface area contributed by atoms with Crippen LogP contribution in [0.3, 0.4) is 0 Å². The molecule has 0 bridgehead atoms. The van der Waals surface area contributed by atoms with E-state index < -0.39 is 45.9 Å². The molecule has 0 atom stereocenters. The van der Waals surface area contributed by atoms with Gasteiger partial charge in [-0.3, -0.25) is 4.79 Å². The number of rotatable bonds is 12. The molecule has 10 nitrogen and oxygen atoms in total. The third-order valence-electron chi connectivity index (χ3n) is 15.0. The van der Waals surface area contributed by atoms with Gasteiger partial charge in [0.15, 0.2) is 0 Å². The van der Waals surface area contributed by atoms with Crippen molar-refractivity contribution in [2.24, 2.45) is 0 Å². The lowest BCUT2D eigenvalue weighted by molar-refractivity contribution is -0.139. The highest BCUT2D eigenvalue weighted by Crippen LogP contribution is 2.52. The summed E-state index contributed by atoms with van der Waals surface area (Å²) in [5.41, 5.74) is 7.10. The number of hydrogen-bond acceptors (Lipinski definition) is 9. The average molecular weight is 1130 g/mol. The molecule has 3 heterocycles. The second-order valence-corrected chi connectivity index (χ2v) is 22.9. The first-order valence-electron chi connectivity index (χ1n) is 25.3. The Morgan fingerprint density at radius 1 is 0.649 bits per heavy atom. The van der Waals surface area contributed by atoms with Gasteiger partial charge in [0.2, 0.25) is 0 Å². The largest absolute Gasteiger partial charge is 0.537 e. The number of aryl methyl sites for hydroxylation is 3. The smallest absolute Gasteiger partial charge is 0.457 e. The maximum Gasteiger partial charge on any atom is 0.537 e. The Hall–Kier alpha value is -8.47. The lowest BCUT2D eigenvalue weighted by Crippen LogP contribution is -2.53. The van der Waals surface area contributed by atoms with Crippen LogP contribution in [0.4, 0.5) is 8.63 Å². The molecule has 8 aromatic carbocycles. The third-order valence-corrected chi connectivity index (χ3v) is 18.0. The number of benzene rings is 8. The van der Waals surface area contributed by atoms with Crippen LogP contribution in [0.1, 0.15) is 98.5 Å². The van der Waals surface area contributed by atoms with Crippen LogP contribution in [0.5, 0.6) is 5.75 Å². The second-order valence-electron chi connectivity index (χ2n) is 19.7. The van der Waals surface area contributed by atoms with Crippen molar-refractivity contribution in [3.05, 3.63) is 211 Å². The first kappa shape index (κ1) is 50.7. The van der Waals surface area contributed by atoms with Crippen molar-refractivity contribution in [2.75, 3.05) is 0 Å². The van der Waals surface area contributed by atoms with Crippen LogP contribution in [0.15, 0.2) is 144 Å². The zero-order valence-corrected chi connectivity index (χ0v) is 45.3. The fourth-order valence-electron chi connectivity index (χ4n) is 11.7. The number of aromatic nitrogens is 1. The molecule has 0 radical (unpaired) electrons. The van der Waals surface area contributed by atoms with E-state index in [9.17, 15) is 24.9 Å². The Morgan fingerprint density at radius 3 is 1.86 bits per heavy atom. The molecule has 2 aliphatic heterocycles. The summed E-state index contributed by atoms with van der Waals surface area (Å²) in [7, 11) is 0. The Labute approximate surface area is 453 Å². The molecule has 2 aliphatic rings. The van der Waals surface area contributed by atoms with Crippen LogP contribution < -0.4 is 4.74 Å². The zero-order chi connectivity index (χ0) is 54.0. The standard InChI is InChI=1S/C63H49BF2IN4O6/c1-35-29-46(77-52(72)22-13-19-43-23-26-50-48-21-14-20-47-44(31-68)24-27-49(57(47)48)51-28-25-45(32-69)56(43)58(50)51)30-36(2)53(35)59-60-38(4)55(63(74)76-34-42-17-11-8-12-18-42)40(6)70(60)64(65,66)71-61(59)37(3)54(39(5)67-71)62(73)75-33-41-15-9-7-10-16-41/h7-12,14-18,20-21,23-30H,13,19,22,33-34H2,1-6H3/q-1. The van der Waals surface area contributed by atoms with Gasteiger partial charge in [-0.15, -0.1) is 0 Å². The average Bonchev–Trinajstić information content (AvgIpc) is 3.93. The SMILES string of the molecule is CC1=IN2C(=C(c3c(C)cc(OC(=O)CCCc4ccc5c6cccc7c(C#N)ccc(c8ccc(C#N)c4c85)c76)cc3C)c3c(C)c(C(=O)OCc4ccccc4)c(C)n3[B-]2(F)F)C(C)=C1C(=O)OCc1ccccc1. The second kappa shape index (κ2) is 19.9. The zero-order valence-electron chi connectivity index (χ0n) is 43.1. The van der Waals surface area contributed by atoms with Crippen molar-refractivity contribution in [3.63, 3.8) is 0 Å². The van der Waals surface area contributed by atoms with Crippen LogP contribution in [0, 0.1) is 50.4 Å². The van der Waals surface area contributed by atoms with Crippen molar-refractivity contribution in [2.45, 2.75) is 74.0 Å². The number of nitrogens with zero attached hydrogens (tertiary/aromatic N) is 4. The molecule has 0 N–H and O–H groups in total. The molecule has 0 spiro atoms. The number of esters is 3. The Balaban J connectivity index is 0.935. The number of fused-ring (bicyclic) bond motifs is 4. The molecule has 14 heteroatoms. The van der Waals surface area contributed by atoms with Crippen molar-refractivity contribution < 1.29 is 37.2 Å². The maximum absolute atomic E-state index is 17.7. The molecule has 11 rings (SSSR count). The Morgan fingerprint density at radius 2 is 1.22 bits per heavy atom.